The molecule has 1 aliphatic heterocycles. The van der Waals surface area contributed by atoms with Gasteiger partial charge in [-0.3, -0.25) is 9.59 Å². The van der Waals surface area contributed by atoms with Gasteiger partial charge in [-0.2, -0.15) is 0 Å². The fourth-order valence-corrected chi connectivity index (χ4v) is 1.84. The van der Waals surface area contributed by atoms with Crippen LogP contribution in [0.25, 0.3) is 0 Å². The minimum atomic E-state index is -0.128. The van der Waals surface area contributed by atoms with Crippen LogP contribution in [-0.4, -0.2) is 61.9 Å². The Morgan fingerprint density at radius 1 is 1.41 bits per heavy atom. The van der Waals surface area contributed by atoms with Crippen LogP contribution in [0.2, 0.25) is 0 Å². The Labute approximate surface area is 109 Å². The maximum Gasteiger partial charge on any atom is 0.232 e. The lowest BCUT2D eigenvalue weighted by Crippen LogP contribution is -2.47. The first-order valence-electron chi connectivity index (χ1n) is 5.69. The van der Waals surface area contributed by atoms with E-state index >= 15 is 0 Å². The summed E-state index contributed by atoms with van der Waals surface area (Å²) in [5.41, 5.74) is 0. The molecular formula is C11H22ClN3O2. The molecule has 0 spiro atoms. The van der Waals surface area contributed by atoms with Gasteiger partial charge in [0.05, 0.1) is 0 Å². The molecule has 1 heterocycles. The van der Waals surface area contributed by atoms with E-state index in [1.807, 2.05) is 7.05 Å². The molecule has 0 aromatic heterocycles. The van der Waals surface area contributed by atoms with Crippen LogP contribution < -0.4 is 5.32 Å². The second-order valence-electron chi connectivity index (χ2n) is 4.43. The Hall–Kier alpha value is -0.810. The Bertz CT molecular complexity index is 271. The predicted molar refractivity (Wildman–Crippen MR) is 69.2 cm³/mol. The number of likely N-dealkylation sites (tertiary alicyclic amines) is 1. The molecule has 1 N–H and O–H groups in total. The quantitative estimate of drug-likeness (QED) is 0.735. The fraction of sp³-hybridized carbons (Fsp3) is 0.818. The smallest absolute Gasteiger partial charge is 0.232 e. The SMILES string of the molecule is CNC1CCCN(C(=O)CC(=O)N(C)C)C1.Cl. The first-order valence-corrected chi connectivity index (χ1v) is 5.69. The highest BCUT2D eigenvalue weighted by Gasteiger charge is 2.24. The number of rotatable bonds is 3. The van der Waals surface area contributed by atoms with Crippen molar-refractivity contribution in [2.75, 3.05) is 34.2 Å². The first-order chi connectivity index (χ1) is 7.54. The van der Waals surface area contributed by atoms with Crippen molar-refractivity contribution < 1.29 is 9.59 Å². The van der Waals surface area contributed by atoms with Crippen molar-refractivity contribution >= 4 is 24.2 Å². The number of halogens is 1. The normalized spacial score (nSPS) is 19.5. The van der Waals surface area contributed by atoms with Crippen LogP contribution in [0.1, 0.15) is 19.3 Å². The Morgan fingerprint density at radius 2 is 2.06 bits per heavy atom. The molecule has 0 bridgehead atoms. The van der Waals surface area contributed by atoms with Gasteiger partial charge in [0.15, 0.2) is 0 Å². The molecule has 1 atom stereocenters. The molecule has 1 unspecified atom stereocenters. The molecule has 0 saturated carbocycles. The summed E-state index contributed by atoms with van der Waals surface area (Å²) in [7, 11) is 5.24. The summed E-state index contributed by atoms with van der Waals surface area (Å²) in [6.45, 7) is 1.49. The largest absolute Gasteiger partial charge is 0.348 e. The third kappa shape index (κ3) is 4.91. The van der Waals surface area contributed by atoms with E-state index in [-0.39, 0.29) is 30.6 Å². The number of likely N-dealkylation sites (N-methyl/N-ethyl adjacent to an activating group) is 1. The molecule has 2 amide bonds. The molecule has 5 nitrogen and oxygen atoms in total. The highest BCUT2D eigenvalue weighted by Crippen LogP contribution is 2.11. The predicted octanol–water partition coefficient (Wildman–Crippen LogP) is 0.0969. The van der Waals surface area contributed by atoms with Gasteiger partial charge >= 0.3 is 0 Å². The summed E-state index contributed by atoms with van der Waals surface area (Å²) in [5, 5.41) is 3.18. The average Bonchev–Trinajstić information content (AvgIpc) is 2.28. The van der Waals surface area contributed by atoms with Crippen molar-refractivity contribution in [1.29, 1.82) is 0 Å². The molecule has 0 aromatic carbocycles. The van der Waals surface area contributed by atoms with Crippen LogP contribution in [0.15, 0.2) is 0 Å². The van der Waals surface area contributed by atoms with Crippen LogP contribution in [0.5, 0.6) is 0 Å². The fourth-order valence-electron chi connectivity index (χ4n) is 1.84. The molecule has 1 rings (SSSR count). The molecule has 1 saturated heterocycles. The average molecular weight is 264 g/mol. The second kappa shape index (κ2) is 7.50. The molecule has 17 heavy (non-hydrogen) atoms. The third-order valence-corrected chi connectivity index (χ3v) is 2.98. The van der Waals surface area contributed by atoms with Crippen LogP contribution in [0.3, 0.4) is 0 Å². The van der Waals surface area contributed by atoms with Gasteiger partial charge in [-0.1, -0.05) is 0 Å². The summed E-state index contributed by atoms with van der Waals surface area (Å²) in [6, 6.07) is 0.368. The summed E-state index contributed by atoms with van der Waals surface area (Å²) >= 11 is 0. The van der Waals surface area contributed by atoms with E-state index in [0.717, 1.165) is 25.9 Å². The van der Waals surface area contributed by atoms with Gasteiger partial charge in [0.1, 0.15) is 6.42 Å². The number of hydrogen-bond acceptors (Lipinski definition) is 3. The Kier molecular flexibility index (Phi) is 7.15. The van der Waals surface area contributed by atoms with Crippen molar-refractivity contribution in [3.8, 4) is 0 Å². The lowest BCUT2D eigenvalue weighted by atomic mass is 10.1. The molecule has 1 fully saturated rings. The highest BCUT2D eigenvalue weighted by molar-refractivity contribution is 5.96. The highest BCUT2D eigenvalue weighted by atomic mass is 35.5. The zero-order valence-corrected chi connectivity index (χ0v) is 11.5. The summed E-state index contributed by atoms with van der Waals surface area (Å²) in [6.07, 6.45) is 2.10. The molecular weight excluding hydrogens is 242 g/mol. The Balaban J connectivity index is 0.00000256. The molecule has 100 valence electrons. The maximum atomic E-state index is 11.8. The third-order valence-electron chi connectivity index (χ3n) is 2.98. The topological polar surface area (TPSA) is 52.7 Å². The van der Waals surface area contributed by atoms with Crippen molar-refractivity contribution in [2.45, 2.75) is 25.3 Å². The second-order valence-corrected chi connectivity index (χ2v) is 4.43. The zero-order valence-electron chi connectivity index (χ0n) is 10.7. The number of hydrogen-bond donors (Lipinski definition) is 1. The first kappa shape index (κ1) is 16.2. The molecule has 1 aliphatic rings. The van der Waals surface area contributed by atoms with Gasteiger partial charge < -0.3 is 15.1 Å². The number of amides is 2. The number of carbonyl (C=O) groups excluding carboxylic acids is 2. The van der Waals surface area contributed by atoms with Crippen molar-refractivity contribution in [2.24, 2.45) is 0 Å². The van der Waals surface area contributed by atoms with E-state index in [1.54, 1.807) is 19.0 Å². The minimum Gasteiger partial charge on any atom is -0.348 e. The minimum absolute atomic E-state index is 0. The van der Waals surface area contributed by atoms with Crippen molar-refractivity contribution in [3.05, 3.63) is 0 Å². The Morgan fingerprint density at radius 3 is 2.59 bits per heavy atom. The summed E-state index contributed by atoms with van der Waals surface area (Å²) in [5.74, 6) is -0.185. The van der Waals surface area contributed by atoms with Crippen LogP contribution in [0.4, 0.5) is 0 Å². The van der Waals surface area contributed by atoms with Gasteiger partial charge in [-0.25, -0.2) is 0 Å². The lowest BCUT2D eigenvalue weighted by molar-refractivity contribution is -0.140. The number of piperidine rings is 1. The molecule has 0 radical (unpaired) electrons. The lowest BCUT2D eigenvalue weighted by Gasteiger charge is -2.32. The van der Waals surface area contributed by atoms with E-state index in [1.165, 1.54) is 4.90 Å². The van der Waals surface area contributed by atoms with Crippen LogP contribution in [-0.2, 0) is 9.59 Å². The van der Waals surface area contributed by atoms with Crippen LogP contribution in [0, 0.1) is 0 Å². The van der Waals surface area contributed by atoms with Crippen molar-refractivity contribution in [1.82, 2.24) is 15.1 Å². The zero-order chi connectivity index (χ0) is 12.1. The van der Waals surface area contributed by atoms with Gasteiger partial charge in [0, 0.05) is 33.2 Å². The molecule has 0 aliphatic carbocycles. The van der Waals surface area contributed by atoms with E-state index in [0.29, 0.717) is 6.04 Å². The van der Waals surface area contributed by atoms with Gasteiger partial charge in [0.2, 0.25) is 11.8 Å². The van der Waals surface area contributed by atoms with E-state index in [9.17, 15) is 9.59 Å². The van der Waals surface area contributed by atoms with E-state index in [2.05, 4.69) is 5.32 Å². The van der Waals surface area contributed by atoms with E-state index < -0.39 is 0 Å². The number of carbonyl (C=O) groups is 2. The van der Waals surface area contributed by atoms with Gasteiger partial charge in [-0.15, -0.1) is 12.4 Å². The summed E-state index contributed by atoms with van der Waals surface area (Å²) < 4.78 is 0. The molecule has 0 aromatic rings. The maximum absolute atomic E-state index is 11.8. The molecule has 6 heteroatoms. The number of nitrogens with zero attached hydrogens (tertiary/aromatic N) is 2. The standard InChI is InChI=1S/C11H21N3O2.ClH/c1-12-9-5-4-6-14(8-9)11(16)7-10(15)13(2)3;/h9,12H,4-8H2,1-3H3;1H. The van der Waals surface area contributed by atoms with E-state index in [4.69, 9.17) is 0 Å². The van der Waals surface area contributed by atoms with Gasteiger partial charge in [-0.05, 0) is 19.9 Å². The van der Waals surface area contributed by atoms with Gasteiger partial charge in [0.25, 0.3) is 0 Å². The summed E-state index contributed by atoms with van der Waals surface area (Å²) in [4.78, 5) is 26.5. The monoisotopic (exact) mass is 263 g/mol. The number of nitrogens with one attached hydrogen (secondary N) is 1. The van der Waals surface area contributed by atoms with Crippen molar-refractivity contribution in [3.63, 3.8) is 0 Å². The van der Waals surface area contributed by atoms with Crippen LogP contribution >= 0.6 is 12.4 Å².